The topological polar surface area (TPSA) is 71.5 Å². The zero-order valence-corrected chi connectivity index (χ0v) is 30.4. The van der Waals surface area contributed by atoms with Crippen LogP contribution in [-0.4, -0.2) is 42.0 Å². The molecule has 0 bridgehead atoms. The van der Waals surface area contributed by atoms with Gasteiger partial charge in [-0.1, -0.05) is 66.7 Å². The summed E-state index contributed by atoms with van der Waals surface area (Å²) in [5.41, 5.74) is 10.1. The van der Waals surface area contributed by atoms with Gasteiger partial charge in [0, 0.05) is 29.9 Å². The van der Waals surface area contributed by atoms with E-state index in [2.05, 4.69) is 103 Å². The van der Waals surface area contributed by atoms with Crippen LogP contribution in [0.1, 0.15) is 39.0 Å². The number of thioether (sulfide) groups is 1. The van der Waals surface area contributed by atoms with Crippen LogP contribution in [0.2, 0.25) is 0 Å². The van der Waals surface area contributed by atoms with Gasteiger partial charge in [0.05, 0.1) is 17.3 Å². The first kappa shape index (κ1) is 34.9. The zero-order chi connectivity index (χ0) is 35.0. The van der Waals surface area contributed by atoms with Crippen LogP contribution < -0.4 is 10.2 Å². The summed E-state index contributed by atoms with van der Waals surface area (Å²) in [5, 5.41) is 3.96. The number of aromatic nitrogens is 1. The fourth-order valence-corrected chi connectivity index (χ4v) is 7.62. The largest absolute Gasteiger partial charge is 0.467 e. The third kappa shape index (κ3) is 8.26. The number of anilines is 1. The van der Waals surface area contributed by atoms with E-state index in [0.29, 0.717) is 25.1 Å². The number of fused-ring (bicyclic) bond motifs is 1. The molecule has 0 aliphatic heterocycles. The summed E-state index contributed by atoms with van der Waals surface area (Å²) in [6.07, 6.45) is 2.47. The molecule has 0 saturated heterocycles. The van der Waals surface area contributed by atoms with Crippen molar-refractivity contribution in [3.63, 3.8) is 0 Å². The average Bonchev–Trinajstić information content (AvgIpc) is 3.56. The second kappa shape index (κ2) is 16.2. The number of hydrogen-bond acceptors (Lipinski definition) is 7. The van der Waals surface area contributed by atoms with E-state index in [1.807, 2.05) is 42.7 Å². The molecule has 254 valence electrons. The van der Waals surface area contributed by atoms with Crippen LogP contribution in [0.25, 0.3) is 31.9 Å². The minimum Gasteiger partial charge on any atom is -0.467 e. The lowest BCUT2D eigenvalue weighted by molar-refractivity contribution is -0.142. The molecule has 1 heterocycles. The third-order valence-electron chi connectivity index (χ3n) is 8.78. The number of esters is 1. The highest BCUT2D eigenvalue weighted by Crippen LogP contribution is 2.33. The molecule has 1 N–H and O–H groups in total. The first-order chi connectivity index (χ1) is 24.3. The van der Waals surface area contributed by atoms with Crippen molar-refractivity contribution in [3.8, 4) is 21.7 Å². The number of methoxy groups -OCH3 is 1. The fourth-order valence-electron chi connectivity index (χ4n) is 6.08. The molecule has 0 aliphatic rings. The Morgan fingerprint density at radius 1 is 0.840 bits per heavy atom. The van der Waals surface area contributed by atoms with E-state index >= 15 is 0 Å². The van der Waals surface area contributed by atoms with Gasteiger partial charge in [-0.05, 0) is 114 Å². The van der Waals surface area contributed by atoms with E-state index in [4.69, 9.17) is 9.72 Å². The molecule has 1 aromatic heterocycles. The van der Waals surface area contributed by atoms with E-state index < -0.39 is 12.0 Å². The van der Waals surface area contributed by atoms with Crippen molar-refractivity contribution in [2.75, 3.05) is 24.0 Å². The lowest BCUT2D eigenvalue weighted by Crippen LogP contribution is -2.42. The van der Waals surface area contributed by atoms with Gasteiger partial charge in [-0.3, -0.25) is 4.79 Å². The van der Waals surface area contributed by atoms with E-state index in [0.717, 1.165) is 49.8 Å². The quantitative estimate of drug-likeness (QED) is 0.121. The Morgan fingerprint density at radius 3 is 2.32 bits per heavy atom. The smallest absolute Gasteiger partial charge is 0.328 e. The Balaban J connectivity index is 1.33. The van der Waals surface area contributed by atoms with E-state index in [-0.39, 0.29) is 5.91 Å². The van der Waals surface area contributed by atoms with Crippen LogP contribution in [0.4, 0.5) is 5.69 Å². The Kier molecular flexibility index (Phi) is 11.3. The first-order valence-corrected chi connectivity index (χ1v) is 18.9. The van der Waals surface area contributed by atoms with Crippen molar-refractivity contribution in [3.05, 3.63) is 143 Å². The normalized spacial score (nSPS) is 11.7. The number of ether oxygens (including phenoxy) is 1. The predicted molar refractivity (Wildman–Crippen MR) is 209 cm³/mol. The van der Waals surface area contributed by atoms with Crippen molar-refractivity contribution < 1.29 is 14.3 Å². The van der Waals surface area contributed by atoms with Gasteiger partial charge in [0.1, 0.15) is 11.0 Å². The number of thiazole rings is 1. The molecule has 0 aliphatic carbocycles. The number of hydrogen-bond donors (Lipinski definition) is 1. The van der Waals surface area contributed by atoms with Gasteiger partial charge in [-0.15, -0.1) is 11.3 Å². The minimum absolute atomic E-state index is 0.298. The van der Waals surface area contributed by atoms with Gasteiger partial charge in [-0.25, -0.2) is 9.78 Å². The van der Waals surface area contributed by atoms with Crippen LogP contribution in [0.3, 0.4) is 0 Å². The number of benzene rings is 5. The highest BCUT2D eigenvalue weighted by atomic mass is 32.2. The number of carbonyl (C=O) groups is 2. The summed E-state index contributed by atoms with van der Waals surface area (Å²) in [7, 11) is 1.35. The Hall–Kier alpha value is -4.92. The summed E-state index contributed by atoms with van der Waals surface area (Å²) in [5.74, 6) is -0.0161. The third-order valence-corrected chi connectivity index (χ3v) is 10.5. The van der Waals surface area contributed by atoms with Gasteiger partial charge in [0.2, 0.25) is 0 Å². The molecule has 8 heteroatoms. The average molecular weight is 700 g/mol. The molecule has 6 rings (SSSR count). The van der Waals surface area contributed by atoms with Crippen LogP contribution in [0.15, 0.2) is 115 Å². The maximum atomic E-state index is 13.8. The summed E-state index contributed by atoms with van der Waals surface area (Å²) >= 11 is 3.34. The molecule has 1 atom stereocenters. The molecule has 0 fully saturated rings. The standard InChI is InChI=1S/C42H41N3O3S2/c1-28-14-21-37-39(24-28)50-41(44-37)32-16-18-33(19-17-32)45(26-30-11-6-5-7-12-30)27-31-15-20-35(36(25-31)34-13-9-8-10-29(34)2)40(46)43-38(22-23-49-4)42(47)48-3/h5-21,24-25,38H,22-23,26-27H2,1-4H3,(H,43,46)/t38-/m0/s1. The molecule has 0 radical (unpaired) electrons. The van der Waals surface area contributed by atoms with Crippen LogP contribution >= 0.6 is 23.1 Å². The molecule has 5 aromatic carbocycles. The first-order valence-electron chi connectivity index (χ1n) is 16.7. The van der Waals surface area contributed by atoms with Crippen molar-refractivity contribution in [1.82, 2.24) is 10.3 Å². The monoisotopic (exact) mass is 699 g/mol. The number of nitrogens with one attached hydrogen (secondary N) is 1. The second-order valence-electron chi connectivity index (χ2n) is 12.4. The van der Waals surface area contributed by atoms with Crippen molar-refractivity contribution in [2.24, 2.45) is 0 Å². The molecular formula is C42H41N3O3S2. The molecular weight excluding hydrogens is 659 g/mol. The minimum atomic E-state index is -0.722. The lowest BCUT2D eigenvalue weighted by Gasteiger charge is -2.26. The number of aryl methyl sites for hydroxylation is 2. The van der Waals surface area contributed by atoms with Gasteiger partial charge >= 0.3 is 5.97 Å². The number of amides is 1. The Labute approximate surface area is 302 Å². The van der Waals surface area contributed by atoms with Crippen LogP contribution in [0, 0.1) is 13.8 Å². The van der Waals surface area contributed by atoms with E-state index in [1.54, 1.807) is 23.1 Å². The summed E-state index contributed by atoms with van der Waals surface area (Å²) < 4.78 is 6.20. The maximum Gasteiger partial charge on any atom is 0.328 e. The second-order valence-corrected chi connectivity index (χ2v) is 14.4. The van der Waals surface area contributed by atoms with E-state index in [9.17, 15) is 9.59 Å². The maximum absolute atomic E-state index is 13.8. The number of rotatable bonds is 13. The summed E-state index contributed by atoms with van der Waals surface area (Å²) in [4.78, 5) is 33.6. The van der Waals surface area contributed by atoms with Gasteiger partial charge in [0.25, 0.3) is 5.91 Å². The zero-order valence-electron chi connectivity index (χ0n) is 28.8. The highest BCUT2D eigenvalue weighted by molar-refractivity contribution is 7.98. The molecule has 1 amide bonds. The summed E-state index contributed by atoms with van der Waals surface area (Å²) in [6, 6.07) is 38.8. The van der Waals surface area contributed by atoms with Crippen molar-refractivity contribution in [1.29, 1.82) is 0 Å². The van der Waals surface area contributed by atoms with Crippen molar-refractivity contribution >= 4 is 50.9 Å². The fraction of sp³-hybridized carbons (Fsp3) is 0.214. The molecule has 0 saturated carbocycles. The predicted octanol–water partition coefficient (Wildman–Crippen LogP) is 9.48. The molecule has 0 unspecified atom stereocenters. The molecule has 6 nitrogen and oxygen atoms in total. The molecule has 50 heavy (non-hydrogen) atoms. The number of carbonyl (C=O) groups excluding carboxylic acids is 2. The van der Waals surface area contributed by atoms with Crippen LogP contribution in [-0.2, 0) is 22.6 Å². The van der Waals surface area contributed by atoms with Gasteiger partial charge in [0.15, 0.2) is 0 Å². The molecule has 0 spiro atoms. The summed E-state index contributed by atoms with van der Waals surface area (Å²) in [6.45, 7) is 5.48. The van der Waals surface area contributed by atoms with Crippen molar-refractivity contribution in [2.45, 2.75) is 39.4 Å². The van der Waals surface area contributed by atoms with E-state index in [1.165, 1.54) is 22.9 Å². The Morgan fingerprint density at radius 2 is 1.58 bits per heavy atom. The highest BCUT2D eigenvalue weighted by Gasteiger charge is 2.24. The van der Waals surface area contributed by atoms with Gasteiger partial charge in [-0.2, -0.15) is 11.8 Å². The van der Waals surface area contributed by atoms with Gasteiger partial charge < -0.3 is 15.0 Å². The molecule has 6 aromatic rings. The SMILES string of the molecule is COC(=O)[C@H](CCSC)NC(=O)c1ccc(CN(Cc2ccccc2)c2ccc(-c3nc4ccc(C)cc4s3)cc2)cc1-c1ccccc1C. The Bertz CT molecular complexity index is 2090. The van der Waals surface area contributed by atoms with Crippen LogP contribution in [0.5, 0.6) is 0 Å². The lowest BCUT2D eigenvalue weighted by atomic mass is 9.93. The number of nitrogens with zero attached hydrogens (tertiary/aromatic N) is 2.